The van der Waals surface area contributed by atoms with Gasteiger partial charge in [0.1, 0.15) is 58.7 Å². The van der Waals surface area contributed by atoms with Gasteiger partial charge in [-0.3, -0.25) is 0 Å². The summed E-state index contributed by atoms with van der Waals surface area (Å²) in [6.07, 6.45) is 8.16. The molecule has 20 nitrogen and oxygen atoms in total. The van der Waals surface area contributed by atoms with Crippen LogP contribution >= 0.6 is 0 Å². The molecular formula is C113H111N15O5. The van der Waals surface area contributed by atoms with Gasteiger partial charge in [-0.05, 0) is 243 Å². The van der Waals surface area contributed by atoms with Gasteiger partial charge in [0.15, 0.2) is 57.0 Å². The molecule has 20 aromatic rings. The highest BCUT2D eigenvalue weighted by molar-refractivity contribution is 6.16. The minimum Gasteiger partial charge on any atom is -0.454 e. The topological polar surface area (TPSA) is 163 Å². The molecule has 0 radical (unpaired) electrons. The van der Waals surface area contributed by atoms with E-state index in [1.807, 2.05) is 232 Å². The van der Waals surface area contributed by atoms with Crippen LogP contribution in [0.2, 0.25) is 0 Å². The van der Waals surface area contributed by atoms with E-state index < -0.39 is 37.2 Å². The zero-order valence-electron chi connectivity index (χ0n) is 85.1. The summed E-state index contributed by atoms with van der Waals surface area (Å²) in [7, 11) is 0. The lowest BCUT2D eigenvalue weighted by Crippen LogP contribution is -2.42. The number of para-hydroxylation sites is 5. The molecule has 0 bridgehead atoms. The van der Waals surface area contributed by atoms with Gasteiger partial charge in [0.25, 0.3) is 0 Å². The van der Waals surface area contributed by atoms with E-state index in [9.17, 15) is 0 Å². The third kappa shape index (κ3) is 13.7. The quantitative estimate of drug-likeness (QED) is 0.134. The van der Waals surface area contributed by atoms with Gasteiger partial charge in [0, 0.05) is 120 Å². The van der Waals surface area contributed by atoms with Crippen molar-refractivity contribution in [3.8, 4) is 0 Å². The molecule has 0 amide bonds. The van der Waals surface area contributed by atoms with Crippen LogP contribution in [0, 0.1) is 34.6 Å². The summed E-state index contributed by atoms with van der Waals surface area (Å²) in [6, 6.07) is 78.3. The highest BCUT2D eigenvalue weighted by Gasteiger charge is 2.44. The fraction of sp³-hybridized carbons (Fsp3) is 0.248. The number of benzene rings is 10. The van der Waals surface area contributed by atoms with E-state index >= 15 is 0 Å². The van der Waals surface area contributed by atoms with Crippen molar-refractivity contribution >= 4 is 196 Å². The number of hydrogen-bond acceptors (Lipinski definition) is 20. The lowest BCUT2D eigenvalue weighted by molar-refractivity contribution is 0.598. The second-order valence-corrected chi connectivity index (χ2v) is 35.9. The predicted molar refractivity (Wildman–Crippen MR) is 550 cm³/mol. The van der Waals surface area contributed by atoms with Crippen LogP contribution in [0.1, 0.15) is 127 Å². The molecule has 5 atom stereocenters. The zero-order chi connectivity index (χ0) is 98.1. The van der Waals surface area contributed by atoms with Crippen LogP contribution in [0.25, 0.3) is 110 Å². The number of nitrogens with zero attached hydrogens (tertiary/aromatic N) is 15. The van der Waals surface area contributed by atoms with Crippen molar-refractivity contribution in [2.24, 2.45) is 0 Å². The number of rotatable bonds is 9. The van der Waals surface area contributed by atoms with Crippen molar-refractivity contribution in [3.05, 3.63) is 301 Å². The second-order valence-electron chi connectivity index (χ2n) is 35.9. The van der Waals surface area contributed by atoms with E-state index in [4.69, 9.17) is 41.6 Å². The minimum atomic E-state index is -2.30. The van der Waals surface area contributed by atoms with Crippen LogP contribution in [-0.2, 0) is 0 Å². The Morgan fingerprint density at radius 1 is 0.241 bits per heavy atom. The summed E-state index contributed by atoms with van der Waals surface area (Å²) in [5.74, 6) is 3.87. The number of furan rings is 5. The number of hydrogen-bond donors (Lipinski definition) is 0. The molecule has 0 spiro atoms. The first-order valence-corrected chi connectivity index (χ1v) is 45.6. The largest absolute Gasteiger partial charge is 0.454 e. The van der Waals surface area contributed by atoms with E-state index in [1.54, 1.807) is 18.6 Å². The van der Waals surface area contributed by atoms with Gasteiger partial charge in [0.05, 0.1) is 62.4 Å². The molecule has 10 aromatic carbocycles. The maximum absolute atomic E-state index is 8.70. The van der Waals surface area contributed by atoms with Gasteiger partial charge in [-0.1, -0.05) is 152 Å². The highest BCUT2D eigenvalue weighted by atomic mass is 16.3. The standard InChI is InChI=1S/4C23H23N3O.C21H19N3O/c2*1-14(2)25-16(4)26(19-9-7-13-24-23(19)25)21-15(3)11-12-18-17-8-5-6-10-20(17)27-22(18)21;2*1-14(2)25-16(4)26(23-19(25)9-7-13-24-23)21-15(3)11-12-18-17-8-5-6-10-20(17)27-22(18)21;1-13-10-11-16-15-7-4-5-9-18(15)25-20(16)19(13)24-14(2)23(3)21-17(24)8-6-12-22-21/h4*5-14,16H,1-4H3;4-12,14H,1-3H3/i4*14D;3D3. The average molecular weight is 1770 g/mol. The first-order valence-electron chi connectivity index (χ1n) is 49.1. The van der Waals surface area contributed by atoms with Gasteiger partial charge >= 0.3 is 0 Å². The van der Waals surface area contributed by atoms with E-state index in [0.717, 1.165) is 218 Å². The normalized spacial score (nSPS) is 17.9. The number of aryl methyl sites for hydroxylation is 5. The fourth-order valence-corrected chi connectivity index (χ4v) is 21.0. The monoisotopic (exact) mass is 1760 g/mol. The molecule has 25 rings (SSSR count). The number of fused-ring (bicyclic) bond motifs is 20. The van der Waals surface area contributed by atoms with Gasteiger partial charge in [-0.2, -0.15) is 0 Å². The minimum absolute atomic E-state index is 0.0603. The third-order valence-electron chi connectivity index (χ3n) is 26.7. The Morgan fingerprint density at radius 3 is 0.737 bits per heavy atom. The van der Waals surface area contributed by atoms with Crippen LogP contribution in [-0.4, -0.2) is 86.8 Å². The van der Waals surface area contributed by atoms with Crippen molar-refractivity contribution < 1.29 is 31.7 Å². The second kappa shape index (κ2) is 33.4. The third-order valence-corrected chi connectivity index (χ3v) is 26.7. The molecule has 5 aliphatic rings. The molecule has 133 heavy (non-hydrogen) atoms. The van der Waals surface area contributed by atoms with Crippen LogP contribution in [0.5, 0.6) is 0 Å². The highest BCUT2D eigenvalue weighted by Crippen LogP contribution is 2.55. The first-order chi connectivity index (χ1) is 66.9. The Morgan fingerprint density at radius 2 is 0.466 bits per heavy atom. The Balaban J connectivity index is 0.000000104. The Hall–Kier alpha value is -15.1. The Bertz CT molecular complexity index is 7160. The summed E-state index contributed by atoms with van der Waals surface area (Å²) in [5.41, 5.74) is 23.9. The van der Waals surface area contributed by atoms with Crippen LogP contribution < -0.4 is 49.0 Å². The molecule has 668 valence electrons. The molecule has 5 aliphatic heterocycles. The van der Waals surface area contributed by atoms with E-state index in [2.05, 4.69) is 207 Å². The molecule has 0 aliphatic carbocycles. The van der Waals surface area contributed by atoms with Crippen LogP contribution in [0.3, 0.4) is 0 Å². The summed E-state index contributed by atoms with van der Waals surface area (Å²) in [6.45, 7) is 33.8. The van der Waals surface area contributed by atoms with Gasteiger partial charge < -0.3 is 71.1 Å². The van der Waals surface area contributed by atoms with Crippen molar-refractivity contribution in [1.82, 2.24) is 24.9 Å². The number of anilines is 15. The first kappa shape index (κ1) is 76.8. The summed E-state index contributed by atoms with van der Waals surface area (Å²) in [4.78, 5) is 43.7. The molecule has 0 fully saturated rings. The Labute approximate surface area is 784 Å². The van der Waals surface area contributed by atoms with Gasteiger partial charge in [-0.25, -0.2) is 24.9 Å². The molecule has 0 saturated carbocycles. The molecule has 15 heterocycles. The molecular weight excluding hydrogens is 1650 g/mol. The number of pyridine rings is 5. The summed E-state index contributed by atoms with van der Waals surface area (Å²) in [5, 5.41) is 11.0. The van der Waals surface area contributed by atoms with Crippen molar-refractivity contribution in [2.45, 2.75) is 180 Å². The lowest BCUT2D eigenvalue weighted by Gasteiger charge is -2.33. The molecule has 0 saturated heterocycles. The van der Waals surface area contributed by atoms with E-state index in [1.165, 1.54) is 4.90 Å². The summed E-state index contributed by atoms with van der Waals surface area (Å²) < 4.78 is 90.4. The lowest BCUT2D eigenvalue weighted by atomic mass is 10.1. The molecule has 10 aromatic heterocycles. The smallest absolute Gasteiger partial charge is 0.159 e. The fourth-order valence-electron chi connectivity index (χ4n) is 21.0. The van der Waals surface area contributed by atoms with Gasteiger partial charge in [0.2, 0.25) is 0 Å². The summed E-state index contributed by atoms with van der Waals surface area (Å²) >= 11 is 0. The molecule has 20 heteroatoms. The van der Waals surface area contributed by atoms with Crippen LogP contribution in [0.15, 0.2) is 296 Å². The molecule has 0 N–H and O–H groups in total. The van der Waals surface area contributed by atoms with Gasteiger partial charge in [-0.15, -0.1) is 0 Å². The van der Waals surface area contributed by atoms with Crippen molar-refractivity contribution in [3.63, 3.8) is 0 Å². The van der Waals surface area contributed by atoms with E-state index in [-0.39, 0.29) is 24.7 Å². The SMILES string of the molecule is [2H]C(C)(C)N1c2cccnc2N(c2c(C)ccc3c2oc2ccccc23)C1C.[2H]C(C)(C)N1c2cccnc2N(c2c(C)ccc3c2oc2ccccc23)C1C.[2H]C(C)(C)N1c2ncccc2N(c2c(C)ccc3c2oc2ccccc23)C1C.[2H]C(C)(C)N1c2ncccc2N(c2c(C)ccc3c2oc2ccccc23)C1C.[2H]C([2H])([2H])N1c2ncccc2N(c2c(C)ccc3c2oc2ccccc23)C1C. The maximum Gasteiger partial charge on any atom is 0.159 e. The zero-order valence-corrected chi connectivity index (χ0v) is 78.1. The van der Waals surface area contributed by atoms with Crippen molar-refractivity contribution in [1.29, 1.82) is 0 Å². The Kier molecular flexibility index (Phi) is 19.3. The van der Waals surface area contributed by atoms with Crippen LogP contribution in [0.4, 0.5) is 86.0 Å². The molecule has 5 unspecified atom stereocenters. The van der Waals surface area contributed by atoms with Crippen molar-refractivity contribution in [2.75, 3.05) is 56.0 Å². The predicted octanol–water partition coefficient (Wildman–Crippen LogP) is 29.2. The van der Waals surface area contributed by atoms with E-state index in [0.29, 0.717) is 5.82 Å². The number of aromatic nitrogens is 5. The maximum atomic E-state index is 8.70. The average Bonchev–Trinajstić information content (AvgIpc) is 1.59.